The van der Waals surface area contributed by atoms with Crippen LogP contribution in [-0.2, 0) is 13.1 Å². The molecule has 0 fully saturated rings. The Morgan fingerprint density at radius 1 is 1.12 bits per heavy atom. The van der Waals surface area contributed by atoms with Crippen LogP contribution in [0.25, 0.3) is 0 Å². The first-order valence-corrected chi connectivity index (χ1v) is 7.01. The van der Waals surface area contributed by atoms with Crippen LogP contribution in [0.15, 0.2) is 53.5 Å². The van der Waals surface area contributed by atoms with Gasteiger partial charge in [0, 0.05) is 32.3 Å². The minimum absolute atomic E-state index is 0. The van der Waals surface area contributed by atoms with Crippen molar-refractivity contribution in [2.24, 2.45) is 4.99 Å². The fourth-order valence-corrected chi connectivity index (χ4v) is 2.02. The van der Waals surface area contributed by atoms with Crippen molar-refractivity contribution >= 4 is 35.6 Å². The Balaban J connectivity index is 0.00000288. The Bertz CT molecular complexity index is 725. The molecule has 0 amide bonds. The summed E-state index contributed by atoms with van der Waals surface area (Å²) < 4.78 is 13.1. The van der Waals surface area contributed by atoms with Gasteiger partial charge in [0.15, 0.2) is 5.96 Å². The number of hydrogen-bond acceptors (Lipinski definition) is 3. The van der Waals surface area contributed by atoms with Crippen molar-refractivity contribution in [1.29, 1.82) is 0 Å². The van der Waals surface area contributed by atoms with E-state index in [0.717, 1.165) is 11.1 Å². The number of hydrogen-bond donors (Lipinski definition) is 2. The molecular weight excluding hydrogens is 426 g/mol. The van der Waals surface area contributed by atoms with Gasteiger partial charge < -0.3 is 10.6 Å². The van der Waals surface area contributed by atoms with Crippen LogP contribution in [-0.4, -0.2) is 17.9 Å². The van der Waals surface area contributed by atoms with Gasteiger partial charge in [-0.2, -0.15) is 0 Å². The number of guanidine groups is 1. The molecule has 2 N–H and O–H groups in total. The third-order valence-electron chi connectivity index (χ3n) is 3.15. The molecular formula is C16H18FIN4O2. The molecule has 24 heavy (non-hydrogen) atoms. The first-order valence-electron chi connectivity index (χ1n) is 7.01. The van der Waals surface area contributed by atoms with Gasteiger partial charge in [0.05, 0.1) is 4.92 Å². The predicted molar refractivity (Wildman–Crippen MR) is 102 cm³/mol. The number of halogens is 2. The van der Waals surface area contributed by atoms with Gasteiger partial charge >= 0.3 is 0 Å². The van der Waals surface area contributed by atoms with Gasteiger partial charge in [0.2, 0.25) is 0 Å². The maximum absolute atomic E-state index is 13.1. The van der Waals surface area contributed by atoms with Crippen molar-refractivity contribution < 1.29 is 9.31 Å². The summed E-state index contributed by atoms with van der Waals surface area (Å²) in [6.45, 7) is 0.816. The lowest BCUT2D eigenvalue weighted by molar-refractivity contribution is -0.384. The van der Waals surface area contributed by atoms with E-state index in [9.17, 15) is 14.5 Å². The lowest BCUT2D eigenvalue weighted by Gasteiger charge is -2.12. The number of benzene rings is 2. The average molecular weight is 444 g/mol. The molecule has 0 saturated heterocycles. The highest BCUT2D eigenvalue weighted by molar-refractivity contribution is 14.0. The Labute approximate surface area is 156 Å². The van der Waals surface area contributed by atoms with Gasteiger partial charge in [-0.25, -0.2) is 4.39 Å². The first kappa shape index (κ1) is 19.8. The maximum Gasteiger partial charge on any atom is 0.269 e. The number of non-ortho nitro benzene ring substituents is 1. The molecule has 0 spiro atoms. The van der Waals surface area contributed by atoms with Gasteiger partial charge in [-0.05, 0) is 23.3 Å². The van der Waals surface area contributed by atoms with Crippen LogP contribution >= 0.6 is 24.0 Å². The summed E-state index contributed by atoms with van der Waals surface area (Å²) in [4.78, 5) is 14.4. The van der Waals surface area contributed by atoms with Gasteiger partial charge in [-0.1, -0.05) is 24.3 Å². The molecule has 0 heterocycles. The van der Waals surface area contributed by atoms with E-state index in [0.29, 0.717) is 19.0 Å². The summed E-state index contributed by atoms with van der Waals surface area (Å²) in [6, 6.07) is 12.7. The zero-order valence-corrected chi connectivity index (χ0v) is 15.4. The molecule has 2 rings (SSSR count). The van der Waals surface area contributed by atoms with E-state index < -0.39 is 4.92 Å². The molecule has 8 heteroatoms. The quantitative estimate of drug-likeness (QED) is 0.244. The van der Waals surface area contributed by atoms with Crippen molar-refractivity contribution in [3.05, 3.63) is 75.6 Å². The van der Waals surface area contributed by atoms with Crippen LogP contribution in [0.3, 0.4) is 0 Å². The molecule has 0 unspecified atom stereocenters. The van der Waals surface area contributed by atoms with Crippen molar-refractivity contribution in [3.8, 4) is 0 Å². The molecule has 2 aromatic carbocycles. The third kappa shape index (κ3) is 6.11. The molecule has 0 bridgehead atoms. The Hall–Kier alpha value is -2.23. The molecule has 0 aliphatic heterocycles. The molecule has 0 aliphatic rings. The second-order valence-corrected chi connectivity index (χ2v) is 4.84. The highest BCUT2D eigenvalue weighted by atomic mass is 127. The number of nitrogens with one attached hydrogen (secondary N) is 2. The Kier molecular flexibility index (Phi) is 8.10. The largest absolute Gasteiger partial charge is 0.352 e. The number of nitrogens with zero attached hydrogens (tertiary/aromatic N) is 2. The second-order valence-electron chi connectivity index (χ2n) is 4.84. The smallest absolute Gasteiger partial charge is 0.269 e. The van der Waals surface area contributed by atoms with Gasteiger partial charge in [-0.15, -0.1) is 24.0 Å². The van der Waals surface area contributed by atoms with Crippen molar-refractivity contribution in [2.75, 3.05) is 7.05 Å². The normalized spacial score (nSPS) is 10.7. The van der Waals surface area contributed by atoms with E-state index in [1.807, 2.05) is 6.07 Å². The lowest BCUT2D eigenvalue weighted by atomic mass is 10.2. The maximum atomic E-state index is 13.1. The third-order valence-corrected chi connectivity index (χ3v) is 3.15. The van der Waals surface area contributed by atoms with E-state index in [-0.39, 0.29) is 35.5 Å². The van der Waals surface area contributed by atoms with Crippen LogP contribution in [0.2, 0.25) is 0 Å². The minimum atomic E-state index is -0.430. The highest BCUT2D eigenvalue weighted by Crippen LogP contribution is 2.12. The van der Waals surface area contributed by atoms with Gasteiger partial charge in [0.1, 0.15) is 5.82 Å². The standard InChI is InChI=1S/C16H17FN4O2.HI/c1-18-16(19-10-12-4-2-6-14(17)8-12)20-11-13-5-3-7-15(9-13)21(22)23;/h2-9H,10-11H2,1H3,(H2,18,19,20);1H. The Morgan fingerprint density at radius 3 is 2.25 bits per heavy atom. The van der Waals surface area contributed by atoms with E-state index in [1.165, 1.54) is 24.3 Å². The molecule has 0 atom stereocenters. The molecule has 0 aliphatic carbocycles. The number of aliphatic imine (C=N–C) groups is 1. The topological polar surface area (TPSA) is 79.6 Å². The highest BCUT2D eigenvalue weighted by Gasteiger charge is 2.06. The zero-order valence-electron chi connectivity index (χ0n) is 13.0. The second kappa shape index (κ2) is 9.81. The van der Waals surface area contributed by atoms with Crippen molar-refractivity contribution in [3.63, 3.8) is 0 Å². The summed E-state index contributed by atoms with van der Waals surface area (Å²) in [5, 5.41) is 16.9. The zero-order chi connectivity index (χ0) is 16.7. The van der Waals surface area contributed by atoms with E-state index in [1.54, 1.807) is 25.2 Å². The molecule has 128 valence electrons. The van der Waals surface area contributed by atoms with Crippen LogP contribution in [0, 0.1) is 15.9 Å². The Morgan fingerprint density at radius 2 is 1.71 bits per heavy atom. The summed E-state index contributed by atoms with van der Waals surface area (Å²) in [5.41, 5.74) is 1.61. The molecule has 0 radical (unpaired) electrons. The molecule has 2 aromatic rings. The first-order chi connectivity index (χ1) is 11.1. The van der Waals surface area contributed by atoms with Crippen LogP contribution in [0.4, 0.5) is 10.1 Å². The average Bonchev–Trinajstić information content (AvgIpc) is 2.55. The number of nitro benzene ring substituents is 1. The summed E-state index contributed by atoms with van der Waals surface area (Å²) >= 11 is 0. The van der Waals surface area contributed by atoms with Gasteiger partial charge in [-0.3, -0.25) is 15.1 Å². The van der Waals surface area contributed by atoms with Gasteiger partial charge in [0.25, 0.3) is 5.69 Å². The van der Waals surface area contributed by atoms with Crippen LogP contribution in [0.5, 0.6) is 0 Å². The van der Waals surface area contributed by atoms with Crippen molar-refractivity contribution in [1.82, 2.24) is 10.6 Å². The van der Waals surface area contributed by atoms with E-state index in [2.05, 4.69) is 15.6 Å². The summed E-state index contributed by atoms with van der Waals surface area (Å²) in [7, 11) is 1.62. The SMILES string of the molecule is CN=C(NCc1cccc(F)c1)NCc1cccc([N+](=O)[O-])c1.I. The lowest BCUT2D eigenvalue weighted by Crippen LogP contribution is -2.36. The van der Waals surface area contributed by atoms with Crippen LogP contribution in [0.1, 0.15) is 11.1 Å². The monoisotopic (exact) mass is 444 g/mol. The fourth-order valence-electron chi connectivity index (χ4n) is 2.02. The number of rotatable bonds is 5. The number of nitro groups is 1. The molecule has 0 saturated carbocycles. The summed E-state index contributed by atoms with van der Waals surface area (Å²) in [5.74, 6) is 0.240. The fraction of sp³-hybridized carbons (Fsp3) is 0.188. The van der Waals surface area contributed by atoms with Crippen LogP contribution < -0.4 is 10.6 Å². The minimum Gasteiger partial charge on any atom is -0.352 e. The van der Waals surface area contributed by atoms with Crippen molar-refractivity contribution in [2.45, 2.75) is 13.1 Å². The van der Waals surface area contributed by atoms with E-state index >= 15 is 0 Å². The predicted octanol–water partition coefficient (Wildman–Crippen LogP) is 3.22. The molecule has 0 aromatic heterocycles. The van der Waals surface area contributed by atoms with E-state index in [4.69, 9.17) is 0 Å². The summed E-state index contributed by atoms with van der Waals surface area (Å²) in [6.07, 6.45) is 0. The molecule has 6 nitrogen and oxygen atoms in total.